The highest BCUT2D eigenvalue weighted by atomic mass is 15.2. The predicted octanol–water partition coefficient (Wildman–Crippen LogP) is 9.94. The van der Waals surface area contributed by atoms with E-state index in [-0.39, 0.29) is 0 Å². The summed E-state index contributed by atoms with van der Waals surface area (Å²) in [5.41, 5.74) is 17.3. The van der Waals surface area contributed by atoms with Gasteiger partial charge in [-0.15, -0.1) is 0 Å². The van der Waals surface area contributed by atoms with Crippen LogP contribution >= 0.6 is 0 Å². The second-order valence-corrected chi connectivity index (χ2v) is 12.6. The van der Waals surface area contributed by atoms with Crippen LogP contribution in [0.25, 0.3) is 12.2 Å². The van der Waals surface area contributed by atoms with Gasteiger partial charge in [-0.05, 0) is 93.0 Å². The maximum absolute atomic E-state index is 2.61. The molecule has 0 aromatic heterocycles. The van der Waals surface area contributed by atoms with E-state index < -0.39 is 0 Å². The average molecular weight is 535 g/mol. The van der Waals surface area contributed by atoms with Gasteiger partial charge in [-0.2, -0.15) is 0 Å². The molecule has 0 amide bonds. The van der Waals surface area contributed by atoms with Crippen molar-refractivity contribution in [2.45, 2.75) is 64.3 Å². The molecule has 3 atom stereocenters. The van der Waals surface area contributed by atoms with Crippen molar-refractivity contribution in [3.8, 4) is 0 Å². The molecule has 41 heavy (non-hydrogen) atoms. The van der Waals surface area contributed by atoms with Gasteiger partial charge in [-0.3, -0.25) is 0 Å². The molecule has 2 heterocycles. The topological polar surface area (TPSA) is 6.48 Å². The zero-order valence-corrected chi connectivity index (χ0v) is 24.4. The summed E-state index contributed by atoms with van der Waals surface area (Å²) in [6.45, 7) is 8.16. The number of aryl methyl sites for hydroxylation is 1. The van der Waals surface area contributed by atoms with E-state index in [1.165, 1.54) is 73.7 Å². The van der Waals surface area contributed by atoms with Crippen LogP contribution in [0.2, 0.25) is 0 Å². The molecule has 0 N–H and O–H groups in total. The number of fused-ring (bicyclic) bond motifs is 4. The minimum Gasteiger partial charge on any atom is -0.340 e. The Bertz CT molecular complexity index is 1740. The summed E-state index contributed by atoms with van der Waals surface area (Å²) in [5.74, 6) is 0.885. The molecule has 0 saturated carbocycles. The highest BCUT2D eigenvalue weighted by molar-refractivity contribution is 5.84. The quantitative estimate of drug-likeness (QED) is 0.257. The summed E-state index contributed by atoms with van der Waals surface area (Å²) in [5, 5.41) is 0. The van der Waals surface area contributed by atoms with Crippen molar-refractivity contribution in [3.63, 3.8) is 0 Å². The number of anilines is 4. The molecular weight excluding hydrogens is 496 g/mol. The second kappa shape index (κ2) is 9.52. The van der Waals surface area contributed by atoms with Gasteiger partial charge in [-0.25, -0.2) is 0 Å². The van der Waals surface area contributed by atoms with Crippen molar-refractivity contribution in [3.05, 3.63) is 129 Å². The molecule has 0 bridgehead atoms. The molecule has 8 rings (SSSR count). The fraction of sp³-hybridized carbons (Fsp3) is 0.282. The van der Waals surface area contributed by atoms with E-state index in [0.29, 0.717) is 17.9 Å². The largest absolute Gasteiger partial charge is 0.340 e. The van der Waals surface area contributed by atoms with E-state index in [1.807, 2.05) is 0 Å². The van der Waals surface area contributed by atoms with Crippen molar-refractivity contribution in [1.29, 1.82) is 0 Å². The van der Waals surface area contributed by atoms with Crippen LogP contribution in [0.15, 0.2) is 96.1 Å². The Morgan fingerprint density at radius 2 is 1.17 bits per heavy atom. The van der Waals surface area contributed by atoms with Gasteiger partial charge in [0.05, 0.1) is 0 Å². The Balaban J connectivity index is 1.14. The van der Waals surface area contributed by atoms with E-state index in [9.17, 15) is 0 Å². The standard InChI is InChI=1S/C39H38N2/c1-25-22-34-30(12-8-16-38(34)40-21-20-29-11-4-6-14-36(29)40)32(25)24-33-26(2)23-35-31(33)13-9-17-39(35)41-27(3)18-19-28-10-5-7-15-37(28)41/h4-17,22-23,27,32-33H,18-21,24H2,1-3H3. The van der Waals surface area contributed by atoms with E-state index in [1.54, 1.807) is 0 Å². The van der Waals surface area contributed by atoms with E-state index in [0.717, 1.165) is 25.8 Å². The van der Waals surface area contributed by atoms with Crippen LogP contribution in [0.5, 0.6) is 0 Å². The maximum Gasteiger partial charge on any atom is 0.0489 e. The summed E-state index contributed by atoms with van der Waals surface area (Å²) >= 11 is 0. The molecule has 4 aromatic carbocycles. The SMILES string of the molecule is CC1=Cc2c(cccc2N2CCc3ccccc32)C1CC1C(C)=Cc2c1cccc2N1c2ccccc2CCC1C. The lowest BCUT2D eigenvalue weighted by Gasteiger charge is -2.38. The zero-order chi connectivity index (χ0) is 27.7. The molecular formula is C39H38N2. The summed E-state index contributed by atoms with van der Waals surface area (Å²) in [6, 6.07) is 32.4. The van der Waals surface area contributed by atoms with Crippen molar-refractivity contribution in [1.82, 2.24) is 0 Å². The number of allylic oxidation sites excluding steroid dienone is 2. The minimum absolute atomic E-state index is 0.441. The van der Waals surface area contributed by atoms with Crippen LogP contribution in [-0.4, -0.2) is 12.6 Å². The molecule has 2 aliphatic carbocycles. The second-order valence-electron chi connectivity index (χ2n) is 12.6. The maximum atomic E-state index is 2.61. The zero-order valence-electron chi connectivity index (χ0n) is 24.4. The van der Waals surface area contributed by atoms with Crippen LogP contribution < -0.4 is 9.80 Å². The molecule has 3 unspecified atom stereocenters. The van der Waals surface area contributed by atoms with Crippen molar-refractivity contribution in [2.24, 2.45) is 0 Å². The summed E-state index contributed by atoms with van der Waals surface area (Å²) in [7, 11) is 0. The Morgan fingerprint density at radius 3 is 1.88 bits per heavy atom. The fourth-order valence-electron chi connectivity index (χ4n) is 8.16. The van der Waals surface area contributed by atoms with E-state index >= 15 is 0 Å². The minimum atomic E-state index is 0.441. The van der Waals surface area contributed by atoms with E-state index in [4.69, 9.17) is 0 Å². The number of hydrogen-bond donors (Lipinski definition) is 0. The lowest BCUT2D eigenvalue weighted by atomic mass is 9.82. The van der Waals surface area contributed by atoms with Crippen LogP contribution in [0.3, 0.4) is 0 Å². The lowest BCUT2D eigenvalue weighted by Crippen LogP contribution is -2.33. The molecule has 204 valence electrons. The van der Waals surface area contributed by atoms with Gasteiger partial charge in [0.2, 0.25) is 0 Å². The van der Waals surface area contributed by atoms with Gasteiger partial charge in [0.15, 0.2) is 0 Å². The first-order valence-electron chi connectivity index (χ1n) is 15.4. The van der Waals surface area contributed by atoms with Crippen LogP contribution in [0.1, 0.15) is 78.8 Å². The normalized spacial score (nSPS) is 22.2. The molecule has 0 fully saturated rings. The highest BCUT2D eigenvalue weighted by Gasteiger charge is 2.35. The third-order valence-electron chi connectivity index (χ3n) is 10.3. The molecule has 0 saturated heterocycles. The first-order chi connectivity index (χ1) is 20.1. The summed E-state index contributed by atoms with van der Waals surface area (Å²) in [6.07, 6.45) is 9.58. The number of hydrogen-bond acceptors (Lipinski definition) is 2. The van der Waals surface area contributed by atoms with Crippen LogP contribution in [0, 0.1) is 0 Å². The fourth-order valence-corrected chi connectivity index (χ4v) is 8.16. The molecule has 2 nitrogen and oxygen atoms in total. The summed E-state index contributed by atoms with van der Waals surface area (Å²) < 4.78 is 0. The van der Waals surface area contributed by atoms with Gasteiger partial charge >= 0.3 is 0 Å². The highest BCUT2D eigenvalue weighted by Crippen LogP contribution is 2.52. The van der Waals surface area contributed by atoms with Gasteiger partial charge in [0.1, 0.15) is 0 Å². The number of para-hydroxylation sites is 2. The Labute approximate surface area is 244 Å². The summed E-state index contributed by atoms with van der Waals surface area (Å²) in [4.78, 5) is 5.15. The number of nitrogens with zero attached hydrogens (tertiary/aromatic N) is 2. The molecule has 0 spiro atoms. The van der Waals surface area contributed by atoms with Gasteiger partial charge < -0.3 is 9.80 Å². The van der Waals surface area contributed by atoms with Gasteiger partial charge in [0, 0.05) is 58.3 Å². The van der Waals surface area contributed by atoms with Crippen molar-refractivity contribution in [2.75, 3.05) is 16.3 Å². The molecule has 2 heteroatoms. The molecule has 4 aliphatic rings. The Hall–Kier alpha value is -4.04. The smallest absolute Gasteiger partial charge is 0.0489 e. The lowest BCUT2D eigenvalue weighted by molar-refractivity contribution is 0.616. The van der Waals surface area contributed by atoms with Crippen molar-refractivity contribution < 1.29 is 0 Å². The van der Waals surface area contributed by atoms with E-state index in [2.05, 4.69) is 128 Å². The van der Waals surface area contributed by atoms with Crippen molar-refractivity contribution >= 4 is 34.9 Å². The Kier molecular flexibility index (Phi) is 5.74. The molecule has 4 aromatic rings. The van der Waals surface area contributed by atoms with Gasteiger partial charge in [-0.1, -0.05) is 84.0 Å². The predicted molar refractivity (Wildman–Crippen MR) is 174 cm³/mol. The average Bonchev–Trinajstić information content (AvgIpc) is 3.66. The van der Waals surface area contributed by atoms with Gasteiger partial charge in [0.25, 0.3) is 0 Å². The molecule has 2 aliphatic heterocycles. The number of benzene rings is 4. The first-order valence-corrected chi connectivity index (χ1v) is 15.4. The number of rotatable bonds is 4. The third kappa shape index (κ3) is 3.84. The molecule has 0 radical (unpaired) electrons. The first kappa shape index (κ1) is 24.7. The van der Waals surface area contributed by atoms with Crippen LogP contribution in [0.4, 0.5) is 22.7 Å². The third-order valence-corrected chi connectivity index (χ3v) is 10.3. The Morgan fingerprint density at radius 1 is 0.610 bits per heavy atom. The monoisotopic (exact) mass is 534 g/mol. The van der Waals surface area contributed by atoms with Crippen LogP contribution in [-0.2, 0) is 12.8 Å².